The second-order valence-corrected chi connectivity index (χ2v) is 4.90. The number of carbonyl (C=O) groups excluding carboxylic acids is 1. The number of halogens is 1. The first-order valence-corrected chi connectivity index (χ1v) is 7.09. The number of carbonyl (C=O) groups is 1. The number of rotatable bonds is 7. The van der Waals surface area contributed by atoms with Crippen molar-refractivity contribution in [3.63, 3.8) is 0 Å². The molecule has 22 heavy (non-hydrogen) atoms. The van der Waals surface area contributed by atoms with Crippen molar-refractivity contribution in [1.82, 2.24) is 19.7 Å². The minimum atomic E-state index is -0.366. The van der Waals surface area contributed by atoms with Gasteiger partial charge in [-0.3, -0.25) is 4.79 Å². The summed E-state index contributed by atoms with van der Waals surface area (Å²) in [7, 11) is 0. The Balaban J connectivity index is 0.00000242. The first-order valence-electron chi connectivity index (χ1n) is 7.09. The monoisotopic (exact) mass is 323 g/mol. The molecule has 0 saturated heterocycles. The van der Waals surface area contributed by atoms with E-state index in [1.54, 1.807) is 15.9 Å². The molecule has 1 heterocycles. The Morgan fingerprint density at radius 3 is 2.64 bits per heavy atom. The largest absolute Gasteiger partial charge is 0.339 e. The van der Waals surface area contributed by atoms with Crippen molar-refractivity contribution in [2.45, 2.75) is 19.4 Å². The molecule has 0 aliphatic rings. The van der Waals surface area contributed by atoms with Gasteiger partial charge in [0.05, 0.1) is 0 Å². The van der Waals surface area contributed by atoms with Crippen molar-refractivity contribution in [2.75, 3.05) is 19.6 Å². The van der Waals surface area contributed by atoms with E-state index in [0.717, 1.165) is 6.42 Å². The molecule has 0 bridgehead atoms. The van der Waals surface area contributed by atoms with E-state index in [4.69, 9.17) is 5.73 Å². The van der Waals surface area contributed by atoms with Crippen molar-refractivity contribution in [3.05, 3.63) is 48.5 Å². The lowest BCUT2D eigenvalue weighted by Crippen LogP contribution is -2.40. The molecule has 1 atom stereocenters. The van der Waals surface area contributed by atoms with Gasteiger partial charge in [-0.1, -0.05) is 30.3 Å². The molecule has 0 aliphatic heterocycles. The third kappa shape index (κ3) is 4.82. The topological polar surface area (TPSA) is 77.0 Å². The fourth-order valence-electron chi connectivity index (χ4n) is 2.19. The molecule has 1 aromatic heterocycles. The minimum absolute atomic E-state index is 0. The Morgan fingerprint density at radius 2 is 2.05 bits per heavy atom. The van der Waals surface area contributed by atoms with Crippen LogP contribution in [0.5, 0.6) is 0 Å². The molecule has 0 fully saturated rings. The molecule has 1 amide bonds. The van der Waals surface area contributed by atoms with Crippen LogP contribution in [0.15, 0.2) is 43.0 Å². The third-order valence-corrected chi connectivity index (χ3v) is 3.41. The molecular weight excluding hydrogens is 302 g/mol. The van der Waals surface area contributed by atoms with Gasteiger partial charge in [-0.2, -0.15) is 5.10 Å². The highest BCUT2D eigenvalue weighted by atomic mass is 35.5. The molecule has 0 radical (unpaired) electrons. The summed E-state index contributed by atoms with van der Waals surface area (Å²) in [6.07, 6.45) is 3.80. The zero-order chi connectivity index (χ0) is 15.1. The first kappa shape index (κ1) is 18.1. The lowest BCUT2D eigenvalue weighted by atomic mass is 10.1. The normalized spacial score (nSPS) is 11.5. The number of benzene rings is 1. The second kappa shape index (κ2) is 9.17. The van der Waals surface area contributed by atoms with Gasteiger partial charge in [0.15, 0.2) is 0 Å². The molecular formula is C15H22ClN5O. The fraction of sp³-hybridized carbons (Fsp3) is 0.400. The quantitative estimate of drug-likeness (QED) is 0.833. The number of hydrogen-bond acceptors (Lipinski definition) is 4. The standard InChI is InChI=1S/C15H21N5O.ClH/c1-13(20-12-17-11-18-20)15(21)19(10-8-16)9-7-14-5-3-2-4-6-14;/h2-6,11-13H,7-10,16H2,1H3;1H. The van der Waals surface area contributed by atoms with E-state index in [1.165, 1.54) is 11.9 Å². The van der Waals surface area contributed by atoms with Crippen molar-refractivity contribution in [3.8, 4) is 0 Å². The molecule has 2 rings (SSSR count). The highest BCUT2D eigenvalue weighted by Gasteiger charge is 2.21. The summed E-state index contributed by atoms with van der Waals surface area (Å²) in [6.45, 7) is 3.47. The average molecular weight is 324 g/mol. The molecule has 7 heteroatoms. The summed E-state index contributed by atoms with van der Waals surface area (Å²) >= 11 is 0. The van der Waals surface area contributed by atoms with Gasteiger partial charge < -0.3 is 10.6 Å². The maximum Gasteiger partial charge on any atom is 0.247 e. The van der Waals surface area contributed by atoms with E-state index < -0.39 is 0 Å². The summed E-state index contributed by atoms with van der Waals surface area (Å²) in [5.74, 6) is 0.0156. The zero-order valence-corrected chi connectivity index (χ0v) is 13.4. The van der Waals surface area contributed by atoms with Crippen LogP contribution >= 0.6 is 12.4 Å². The van der Waals surface area contributed by atoms with Gasteiger partial charge in [-0.25, -0.2) is 9.67 Å². The molecule has 0 spiro atoms. The maximum absolute atomic E-state index is 12.5. The van der Waals surface area contributed by atoms with Gasteiger partial charge >= 0.3 is 0 Å². The Kier molecular flexibility index (Phi) is 7.56. The van der Waals surface area contributed by atoms with Crippen LogP contribution in [0.25, 0.3) is 0 Å². The average Bonchev–Trinajstić information content (AvgIpc) is 3.05. The number of nitrogens with two attached hydrogens (primary N) is 1. The molecule has 120 valence electrons. The molecule has 2 N–H and O–H groups in total. The van der Waals surface area contributed by atoms with Gasteiger partial charge in [-0.15, -0.1) is 12.4 Å². The Labute approximate surface area is 136 Å². The van der Waals surface area contributed by atoms with Crippen LogP contribution in [0.3, 0.4) is 0 Å². The summed E-state index contributed by atoms with van der Waals surface area (Å²) in [6, 6.07) is 9.75. The predicted octanol–water partition coefficient (Wildman–Crippen LogP) is 1.29. The van der Waals surface area contributed by atoms with Crippen LogP contribution < -0.4 is 5.73 Å². The van der Waals surface area contributed by atoms with Crippen molar-refractivity contribution < 1.29 is 4.79 Å². The van der Waals surface area contributed by atoms with E-state index in [9.17, 15) is 4.79 Å². The summed E-state index contributed by atoms with van der Waals surface area (Å²) < 4.78 is 1.56. The zero-order valence-electron chi connectivity index (χ0n) is 12.6. The summed E-state index contributed by atoms with van der Waals surface area (Å²) in [5.41, 5.74) is 6.84. The van der Waals surface area contributed by atoms with Gasteiger partial charge in [0.2, 0.25) is 5.91 Å². The van der Waals surface area contributed by atoms with Crippen molar-refractivity contribution in [1.29, 1.82) is 0 Å². The molecule has 1 aromatic carbocycles. The van der Waals surface area contributed by atoms with E-state index in [-0.39, 0.29) is 24.4 Å². The van der Waals surface area contributed by atoms with Crippen LogP contribution in [0.4, 0.5) is 0 Å². The van der Waals surface area contributed by atoms with Gasteiger partial charge in [0, 0.05) is 19.6 Å². The summed E-state index contributed by atoms with van der Waals surface area (Å²) in [4.78, 5) is 18.2. The number of amides is 1. The van der Waals surface area contributed by atoms with Gasteiger partial charge in [-0.05, 0) is 18.9 Å². The molecule has 6 nitrogen and oxygen atoms in total. The lowest BCUT2D eigenvalue weighted by molar-refractivity contribution is -0.134. The lowest BCUT2D eigenvalue weighted by Gasteiger charge is -2.25. The predicted molar refractivity (Wildman–Crippen MR) is 87.8 cm³/mol. The fourth-order valence-corrected chi connectivity index (χ4v) is 2.19. The Bertz CT molecular complexity index is 546. The van der Waals surface area contributed by atoms with Crippen molar-refractivity contribution in [2.24, 2.45) is 5.73 Å². The van der Waals surface area contributed by atoms with Crippen LogP contribution in [-0.2, 0) is 11.2 Å². The minimum Gasteiger partial charge on any atom is -0.339 e. The molecule has 0 saturated carbocycles. The van der Waals surface area contributed by atoms with Gasteiger partial charge in [0.25, 0.3) is 0 Å². The number of hydrogen-bond donors (Lipinski definition) is 1. The van der Waals surface area contributed by atoms with E-state index in [1.807, 2.05) is 25.1 Å². The third-order valence-electron chi connectivity index (χ3n) is 3.41. The van der Waals surface area contributed by atoms with Crippen LogP contribution in [0.2, 0.25) is 0 Å². The highest BCUT2D eigenvalue weighted by molar-refractivity contribution is 5.85. The van der Waals surface area contributed by atoms with Crippen molar-refractivity contribution >= 4 is 18.3 Å². The first-order chi connectivity index (χ1) is 10.2. The maximum atomic E-state index is 12.5. The highest BCUT2D eigenvalue weighted by Crippen LogP contribution is 2.09. The van der Waals surface area contributed by atoms with E-state index in [0.29, 0.717) is 19.6 Å². The Hall–Kier alpha value is -1.92. The van der Waals surface area contributed by atoms with Crippen LogP contribution in [-0.4, -0.2) is 45.2 Å². The molecule has 1 unspecified atom stereocenters. The molecule has 2 aromatic rings. The number of aromatic nitrogens is 3. The number of nitrogens with zero attached hydrogens (tertiary/aromatic N) is 4. The van der Waals surface area contributed by atoms with Crippen LogP contribution in [0.1, 0.15) is 18.5 Å². The SMILES string of the molecule is CC(C(=O)N(CCN)CCc1ccccc1)n1cncn1.Cl. The van der Waals surface area contributed by atoms with E-state index >= 15 is 0 Å². The molecule has 0 aliphatic carbocycles. The Morgan fingerprint density at radius 1 is 1.32 bits per heavy atom. The van der Waals surface area contributed by atoms with E-state index in [2.05, 4.69) is 22.2 Å². The smallest absolute Gasteiger partial charge is 0.247 e. The van der Waals surface area contributed by atoms with Gasteiger partial charge in [0.1, 0.15) is 18.7 Å². The summed E-state index contributed by atoms with van der Waals surface area (Å²) in [5, 5.41) is 4.02. The second-order valence-electron chi connectivity index (χ2n) is 4.90. The van der Waals surface area contributed by atoms with Crippen LogP contribution in [0, 0.1) is 0 Å².